The molecule has 0 aromatic rings. The molecular weight excluding hydrogens is 146 g/mol. The lowest BCUT2D eigenvalue weighted by Crippen LogP contribution is -1.24. The largest absolute Gasteiger partial charge is 0.285 e. The summed E-state index contributed by atoms with van der Waals surface area (Å²) in [5, 5.41) is 0. The highest BCUT2D eigenvalue weighted by Crippen LogP contribution is 1.42. The number of hydrogen-bond donors (Lipinski definition) is 0. The van der Waals surface area contributed by atoms with Crippen LogP contribution in [0.25, 0.3) is 0 Å². The topological polar surface area (TPSA) is 17.1 Å². The first kappa shape index (κ1) is 31.1. The lowest BCUT2D eigenvalue weighted by molar-refractivity contribution is 0.569. The van der Waals surface area contributed by atoms with E-state index in [1.165, 1.54) is 0 Å². The molecule has 0 aliphatic carbocycles. The molecule has 0 radical (unpaired) electrons. The maximum Gasteiger partial charge on any atom is 0.208 e. The normalized spacial score (nSPS) is 2.17. The number of hydrogen-bond acceptors (Lipinski definition) is 1. The molecule has 0 atom stereocenters. The number of carbonyl (C=O) groups is 1. The molecule has 6 heavy (non-hydrogen) atoms. The fourth-order valence-corrected chi connectivity index (χ4v) is 0. The lowest BCUT2D eigenvalue weighted by Gasteiger charge is -1.20. The van der Waals surface area contributed by atoms with Crippen LogP contribution in [0.3, 0.4) is 0 Å². The summed E-state index contributed by atoms with van der Waals surface area (Å²) in [6.07, 6.45) is 0. The predicted octanol–water partition coefficient (Wildman–Crippen LogP) is 1.90. The zero-order chi connectivity index (χ0) is 2.71. The Morgan fingerprint density at radius 1 is 1.33 bits per heavy atom. The fraction of sp³-hybridized carbons (Fsp3) is 0.500. The molecule has 4 heteroatoms. The Morgan fingerprint density at radius 3 is 1.33 bits per heavy atom. The Balaban J connectivity index is -0.00000000667. The van der Waals surface area contributed by atoms with E-state index in [1.807, 2.05) is 0 Å². The van der Waals surface area contributed by atoms with Crippen molar-refractivity contribution in [3.8, 4) is 0 Å². The van der Waals surface area contributed by atoms with Crippen LogP contribution in [-0.4, -0.2) is 5.75 Å². The standard InChI is InChI=1S/CHClO.CH4.2ClH/c2-1-3;;;/h1H;1H4;2*1H. The molecular formula is C2H7Cl3O. The van der Waals surface area contributed by atoms with E-state index < -0.39 is 0 Å². The average Bonchev–Trinajstić information content (AvgIpc) is 0.918. The smallest absolute Gasteiger partial charge is 0.208 e. The van der Waals surface area contributed by atoms with Gasteiger partial charge in [0, 0.05) is 0 Å². The quantitative estimate of drug-likeness (QED) is 0.384. The summed E-state index contributed by atoms with van der Waals surface area (Å²) in [7, 11) is 0. The molecule has 0 amide bonds. The van der Waals surface area contributed by atoms with E-state index >= 15 is 0 Å². The van der Waals surface area contributed by atoms with Crippen LogP contribution in [0.15, 0.2) is 0 Å². The van der Waals surface area contributed by atoms with Gasteiger partial charge < -0.3 is 0 Å². The number of carbonyl (C=O) groups excluding carboxylic acids is 1. The summed E-state index contributed by atoms with van der Waals surface area (Å²) in [6, 6.07) is 0. The molecule has 0 saturated carbocycles. The van der Waals surface area contributed by atoms with Gasteiger partial charge in [-0.05, 0) is 11.6 Å². The van der Waals surface area contributed by atoms with Crippen LogP contribution in [0.2, 0.25) is 0 Å². The maximum absolute atomic E-state index is 8.57. The molecule has 0 saturated heterocycles. The van der Waals surface area contributed by atoms with Gasteiger partial charge in [-0.25, -0.2) is 0 Å². The van der Waals surface area contributed by atoms with E-state index in [0.717, 1.165) is 0 Å². The third-order valence-electron chi connectivity index (χ3n) is 0. The average molecular weight is 153 g/mol. The Bertz CT molecular complexity index is 16.3. The highest BCUT2D eigenvalue weighted by molar-refractivity contribution is 6.54. The summed E-state index contributed by atoms with van der Waals surface area (Å²) in [5.41, 5.74) is 0. The molecule has 0 aliphatic rings. The van der Waals surface area contributed by atoms with Gasteiger partial charge in [-0.1, -0.05) is 7.43 Å². The molecule has 0 aromatic carbocycles. The minimum atomic E-state index is 0. The van der Waals surface area contributed by atoms with Gasteiger partial charge in [0.1, 0.15) is 0 Å². The second kappa shape index (κ2) is 48.1. The van der Waals surface area contributed by atoms with Gasteiger partial charge >= 0.3 is 0 Å². The van der Waals surface area contributed by atoms with Crippen molar-refractivity contribution in [2.75, 3.05) is 0 Å². The Hall–Kier alpha value is 0.540. The first-order chi connectivity index (χ1) is 1.41. The SMILES string of the molecule is C.Cl.Cl.O=CCl. The van der Waals surface area contributed by atoms with Crippen LogP contribution < -0.4 is 0 Å². The van der Waals surface area contributed by atoms with Crippen LogP contribution in [0.4, 0.5) is 0 Å². The van der Waals surface area contributed by atoms with Crippen LogP contribution in [0.5, 0.6) is 0 Å². The van der Waals surface area contributed by atoms with Crippen LogP contribution in [-0.2, 0) is 4.79 Å². The van der Waals surface area contributed by atoms with Gasteiger partial charge in [0.15, 0.2) is 0 Å². The Kier molecular flexibility index (Phi) is 250. The van der Waals surface area contributed by atoms with Crippen molar-refractivity contribution in [1.82, 2.24) is 0 Å². The molecule has 0 heterocycles. The van der Waals surface area contributed by atoms with E-state index in [0.29, 0.717) is 0 Å². The summed E-state index contributed by atoms with van der Waals surface area (Å²) in [4.78, 5) is 8.57. The molecule has 1 nitrogen and oxygen atoms in total. The lowest BCUT2D eigenvalue weighted by atomic mass is 11.8. The highest BCUT2D eigenvalue weighted by Gasteiger charge is 1.28. The molecule has 0 fully saturated rings. The van der Waals surface area contributed by atoms with Gasteiger partial charge in [0.2, 0.25) is 5.75 Å². The predicted molar refractivity (Wildman–Crippen MR) is 33.8 cm³/mol. The molecule has 0 spiro atoms. The zero-order valence-electron chi connectivity index (χ0n) is 2.18. The van der Waals surface area contributed by atoms with Crippen molar-refractivity contribution < 1.29 is 4.79 Å². The Morgan fingerprint density at radius 2 is 1.33 bits per heavy atom. The third kappa shape index (κ3) is 195. The molecule has 42 valence electrons. The molecule has 0 N–H and O–H groups in total. The van der Waals surface area contributed by atoms with E-state index in [9.17, 15) is 0 Å². The zero-order valence-corrected chi connectivity index (χ0v) is 4.57. The minimum Gasteiger partial charge on any atom is -0.285 e. The van der Waals surface area contributed by atoms with Crippen molar-refractivity contribution in [1.29, 1.82) is 0 Å². The molecule has 0 aromatic heterocycles. The summed E-state index contributed by atoms with van der Waals surface area (Å²) in [6.45, 7) is 0. The van der Waals surface area contributed by atoms with Gasteiger partial charge in [0.05, 0.1) is 0 Å². The number of rotatable bonds is 0. The van der Waals surface area contributed by atoms with E-state index in [2.05, 4.69) is 11.6 Å². The number of halogens is 3. The van der Waals surface area contributed by atoms with Crippen molar-refractivity contribution in [3.63, 3.8) is 0 Å². The molecule has 0 bridgehead atoms. The summed E-state index contributed by atoms with van der Waals surface area (Å²) < 4.78 is 0. The molecule has 0 unspecified atom stereocenters. The van der Waals surface area contributed by atoms with Crippen LogP contribution >= 0.6 is 36.4 Å². The maximum atomic E-state index is 8.57. The Labute approximate surface area is 54.9 Å². The van der Waals surface area contributed by atoms with Crippen LogP contribution in [0.1, 0.15) is 7.43 Å². The van der Waals surface area contributed by atoms with Crippen molar-refractivity contribution >= 4 is 42.2 Å². The second-order valence-electron chi connectivity index (χ2n) is 0.0891. The fourth-order valence-electron chi connectivity index (χ4n) is 0. The van der Waals surface area contributed by atoms with E-state index in [-0.39, 0.29) is 38.0 Å². The van der Waals surface area contributed by atoms with Crippen molar-refractivity contribution in [2.24, 2.45) is 0 Å². The van der Waals surface area contributed by atoms with Gasteiger partial charge in [-0.3, -0.25) is 4.79 Å². The molecule has 0 rings (SSSR count). The van der Waals surface area contributed by atoms with Crippen LogP contribution in [0, 0.1) is 0 Å². The minimum absolute atomic E-state index is 0. The first-order valence-corrected chi connectivity index (χ1v) is 0.890. The molecule has 0 aliphatic heterocycles. The highest BCUT2D eigenvalue weighted by atomic mass is 35.5. The second-order valence-corrected chi connectivity index (χ2v) is 0.267. The monoisotopic (exact) mass is 152 g/mol. The van der Waals surface area contributed by atoms with E-state index in [1.54, 1.807) is 0 Å². The summed E-state index contributed by atoms with van der Waals surface area (Å²) in [5.74, 6) is 0.222. The first-order valence-electron chi connectivity index (χ1n) is 0.454. The third-order valence-corrected chi connectivity index (χ3v) is 0. The van der Waals surface area contributed by atoms with Gasteiger partial charge in [0.25, 0.3) is 0 Å². The van der Waals surface area contributed by atoms with E-state index in [4.69, 9.17) is 4.79 Å². The van der Waals surface area contributed by atoms with Gasteiger partial charge in [-0.2, -0.15) is 0 Å². The van der Waals surface area contributed by atoms with Crippen molar-refractivity contribution in [2.45, 2.75) is 7.43 Å². The van der Waals surface area contributed by atoms with Crippen molar-refractivity contribution in [3.05, 3.63) is 0 Å². The van der Waals surface area contributed by atoms with Gasteiger partial charge in [-0.15, -0.1) is 24.8 Å². The summed E-state index contributed by atoms with van der Waals surface area (Å²) >= 11 is 4.32.